The molecule has 0 bridgehead atoms. The molecule has 2 saturated heterocycles. The molecule has 1 amide bonds. The molecule has 0 radical (unpaired) electrons. The van der Waals surface area contributed by atoms with Gasteiger partial charge in [-0.25, -0.2) is 4.98 Å². The van der Waals surface area contributed by atoms with Gasteiger partial charge >= 0.3 is 0 Å². The summed E-state index contributed by atoms with van der Waals surface area (Å²) in [5.41, 5.74) is 11.1. The average Bonchev–Trinajstić information content (AvgIpc) is 3.75. The third-order valence-electron chi connectivity index (χ3n) is 7.69. The number of carbonyl (C=O) groups excluding carboxylic acids is 1. The lowest BCUT2D eigenvalue weighted by molar-refractivity contribution is -0.142. The van der Waals surface area contributed by atoms with Crippen molar-refractivity contribution in [1.82, 2.24) is 14.9 Å². The Morgan fingerprint density at radius 2 is 2.06 bits per heavy atom. The van der Waals surface area contributed by atoms with E-state index in [-0.39, 0.29) is 18.1 Å². The molecule has 184 valence electrons. The zero-order chi connectivity index (χ0) is 23.9. The first-order chi connectivity index (χ1) is 17.1. The van der Waals surface area contributed by atoms with Crippen LogP contribution < -0.4 is 16.0 Å². The van der Waals surface area contributed by atoms with Gasteiger partial charge in [0.2, 0.25) is 5.91 Å². The summed E-state index contributed by atoms with van der Waals surface area (Å²) in [6, 6.07) is 6.17. The number of rotatable bonds is 8. The van der Waals surface area contributed by atoms with Crippen LogP contribution in [0, 0.1) is 5.92 Å². The molecule has 6 rings (SSSR count). The van der Waals surface area contributed by atoms with Crippen molar-refractivity contribution in [3.8, 4) is 0 Å². The number of nitrogens with one attached hydrogen (secondary N) is 1. The fraction of sp³-hybridized carbons (Fsp3) is 0.519. The van der Waals surface area contributed by atoms with Crippen molar-refractivity contribution in [2.45, 2.75) is 56.6 Å². The van der Waals surface area contributed by atoms with Crippen LogP contribution in [0.2, 0.25) is 0 Å². The van der Waals surface area contributed by atoms with Gasteiger partial charge in [-0.15, -0.1) is 0 Å². The summed E-state index contributed by atoms with van der Waals surface area (Å²) in [7, 11) is 0. The van der Waals surface area contributed by atoms with E-state index in [1.807, 2.05) is 18.2 Å². The van der Waals surface area contributed by atoms with Gasteiger partial charge in [0.15, 0.2) is 5.82 Å². The minimum Gasteiger partial charge on any atom is -0.396 e. The fourth-order valence-corrected chi connectivity index (χ4v) is 5.30. The number of hydrogen-bond donors (Lipinski definition) is 2. The summed E-state index contributed by atoms with van der Waals surface area (Å²) < 4.78 is 5.52. The van der Waals surface area contributed by atoms with Crippen LogP contribution in [0.4, 0.5) is 22.9 Å². The normalized spacial score (nSPS) is 24.1. The fourth-order valence-electron chi connectivity index (χ4n) is 5.30. The van der Waals surface area contributed by atoms with Gasteiger partial charge in [0, 0.05) is 44.0 Å². The van der Waals surface area contributed by atoms with E-state index in [0.717, 1.165) is 67.5 Å². The van der Waals surface area contributed by atoms with Crippen LogP contribution in [0.5, 0.6) is 0 Å². The second-order valence-electron chi connectivity index (χ2n) is 10.3. The lowest BCUT2D eigenvalue weighted by Gasteiger charge is -2.43. The Balaban J connectivity index is 1.23. The molecule has 0 aromatic carbocycles. The molecular formula is C27H34N6O2. The minimum atomic E-state index is 0.113. The second-order valence-corrected chi connectivity index (χ2v) is 10.3. The molecule has 2 atom stereocenters. The lowest BCUT2D eigenvalue weighted by Crippen LogP contribution is -2.57. The van der Waals surface area contributed by atoms with Crippen LogP contribution in [-0.2, 0) is 9.53 Å². The largest absolute Gasteiger partial charge is 0.396 e. The second kappa shape index (κ2) is 9.15. The molecule has 2 aromatic rings. The quantitative estimate of drug-likeness (QED) is 0.598. The number of aromatic nitrogens is 2. The number of carbonyl (C=O) groups is 1. The molecule has 2 aliphatic heterocycles. The zero-order valence-electron chi connectivity index (χ0n) is 20.2. The van der Waals surface area contributed by atoms with Gasteiger partial charge in [-0.3, -0.25) is 9.78 Å². The van der Waals surface area contributed by atoms with Crippen LogP contribution in [0.15, 0.2) is 31.0 Å². The number of hydrogen-bond acceptors (Lipinski definition) is 7. The van der Waals surface area contributed by atoms with Crippen molar-refractivity contribution in [3.63, 3.8) is 0 Å². The summed E-state index contributed by atoms with van der Waals surface area (Å²) in [5, 5.41) is 3.51. The predicted molar refractivity (Wildman–Crippen MR) is 138 cm³/mol. The number of nitrogens with zero attached hydrogens (tertiary/aromatic N) is 4. The topological polar surface area (TPSA) is 96.6 Å². The van der Waals surface area contributed by atoms with Crippen LogP contribution in [0.25, 0.3) is 6.08 Å². The maximum atomic E-state index is 13.0. The number of piperazine rings is 1. The first-order valence-corrected chi connectivity index (χ1v) is 12.9. The maximum Gasteiger partial charge on any atom is 0.225 e. The molecule has 4 aliphatic rings. The van der Waals surface area contributed by atoms with E-state index >= 15 is 0 Å². The van der Waals surface area contributed by atoms with E-state index in [1.54, 1.807) is 12.3 Å². The Bertz CT molecular complexity index is 1120. The lowest BCUT2D eigenvalue weighted by atomic mass is 10.0. The molecule has 8 nitrogen and oxygen atoms in total. The number of nitrogens with two attached hydrogens (primary N) is 1. The smallest absolute Gasteiger partial charge is 0.225 e. The van der Waals surface area contributed by atoms with Crippen molar-refractivity contribution in [2.75, 3.05) is 42.2 Å². The first kappa shape index (κ1) is 22.3. The third-order valence-corrected chi connectivity index (χ3v) is 7.69. The first-order valence-electron chi connectivity index (χ1n) is 12.9. The number of nitrogen functional groups attached to an aromatic ring is 1. The van der Waals surface area contributed by atoms with Crippen molar-refractivity contribution in [3.05, 3.63) is 42.4 Å². The zero-order valence-corrected chi connectivity index (χ0v) is 20.2. The Labute approximate surface area is 206 Å². The standard InChI is InChI=1S/C27H34N6O2/c1-2-19-13-20(7-9-29-19)30-23-15-22(28)27(31-26(23)18-5-6-18)32-10-11-33(24(16-32)17-3-4-17)25(34)14-21-8-12-35-21/h2,7,9,13,15,17-18,21,24H,1,3-6,8,10-12,14,16,28H2,(H,29,30)/t21-,24+/m1/s1. The number of ether oxygens (including phenoxy) is 1. The highest BCUT2D eigenvalue weighted by atomic mass is 16.5. The van der Waals surface area contributed by atoms with Crippen LogP contribution in [0.1, 0.15) is 55.8 Å². The predicted octanol–water partition coefficient (Wildman–Crippen LogP) is 3.93. The summed E-state index contributed by atoms with van der Waals surface area (Å²) in [6.45, 7) is 6.86. The summed E-state index contributed by atoms with van der Waals surface area (Å²) in [4.78, 5) is 26.9. The van der Waals surface area contributed by atoms with E-state index in [1.165, 1.54) is 12.8 Å². The number of amides is 1. The molecule has 2 aliphatic carbocycles. The van der Waals surface area contributed by atoms with Gasteiger partial charge < -0.3 is 25.6 Å². The highest BCUT2D eigenvalue weighted by molar-refractivity contribution is 5.78. The number of anilines is 4. The monoisotopic (exact) mass is 474 g/mol. The van der Waals surface area contributed by atoms with E-state index < -0.39 is 0 Å². The van der Waals surface area contributed by atoms with E-state index in [4.69, 9.17) is 15.5 Å². The van der Waals surface area contributed by atoms with Crippen molar-refractivity contribution in [1.29, 1.82) is 0 Å². The summed E-state index contributed by atoms with van der Waals surface area (Å²) >= 11 is 0. The van der Waals surface area contributed by atoms with Crippen molar-refractivity contribution in [2.24, 2.45) is 5.92 Å². The van der Waals surface area contributed by atoms with E-state index in [0.29, 0.717) is 30.5 Å². The molecule has 0 unspecified atom stereocenters. The molecule has 4 heterocycles. The Kier molecular flexibility index (Phi) is 5.84. The van der Waals surface area contributed by atoms with Crippen LogP contribution in [0.3, 0.4) is 0 Å². The number of pyridine rings is 2. The van der Waals surface area contributed by atoms with Crippen LogP contribution in [-0.4, -0.2) is 59.2 Å². The molecular weight excluding hydrogens is 440 g/mol. The maximum absolute atomic E-state index is 13.0. The van der Waals surface area contributed by atoms with Gasteiger partial charge in [0.05, 0.1) is 41.3 Å². The van der Waals surface area contributed by atoms with Gasteiger partial charge in [-0.2, -0.15) is 0 Å². The van der Waals surface area contributed by atoms with E-state index in [2.05, 4.69) is 26.7 Å². The van der Waals surface area contributed by atoms with Crippen molar-refractivity contribution < 1.29 is 9.53 Å². The minimum absolute atomic E-state index is 0.113. The average molecular weight is 475 g/mol. The molecule has 2 saturated carbocycles. The summed E-state index contributed by atoms with van der Waals surface area (Å²) in [6.07, 6.45) is 9.82. The molecule has 8 heteroatoms. The highest BCUT2D eigenvalue weighted by Crippen LogP contribution is 2.45. The molecule has 4 fully saturated rings. The third kappa shape index (κ3) is 4.72. The molecule has 0 spiro atoms. The summed E-state index contributed by atoms with van der Waals surface area (Å²) in [5.74, 6) is 2.14. The van der Waals surface area contributed by atoms with Gasteiger partial charge in [0.1, 0.15) is 0 Å². The molecule has 35 heavy (non-hydrogen) atoms. The highest BCUT2D eigenvalue weighted by Gasteiger charge is 2.42. The van der Waals surface area contributed by atoms with Crippen molar-refractivity contribution >= 4 is 34.9 Å². The van der Waals surface area contributed by atoms with Gasteiger partial charge in [-0.1, -0.05) is 6.58 Å². The van der Waals surface area contributed by atoms with E-state index in [9.17, 15) is 4.79 Å². The van der Waals surface area contributed by atoms with Gasteiger partial charge in [0.25, 0.3) is 0 Å². The Morgan fingerprint density at radius 1 is 1.23 bits per heavy atom. The Morgan fingerprint density at radius 3 is 2.74 bits per heavy atom. The molecule has 2 aromatic heterocycles. The molecule has 3 N–H and O–H groups in total. The van der Waals surface area contributed by atoms with Crippen LogP contribution >= 0.6 is 0 Å². The van der Waals surface area contributed by atoms with Gasteiger partial charge in [-0.05, 0) is 62.3 Å². The SMILES string of the molecule is C=Cc1cc(Nc2cc(N)c(N3CCN(C(=O)C[C@H]4CCO4)[C@H](C4CC4)C3)nc2C2CC2)ccn1. The Hall–Kier alpha value is -3.13.